The third kappa shape index (κ3) is 5.44. The van der Waals surface area contributed by atoms with Crippen LogP contribution in [0.15, 0.2) is 48.5 Å². The Labute approximate surface area is 210 Å². The zero-order chi connectivity index (χ0) is 25.0. The molecular weight excluding hydrogens is 436 g/mol. The summed E-state index contributed by atoms with van der Waals surface area (Å²) >= 11 is 0. The fourth-order valence-corrected chi connectivity index (χ4v) is 5.90. The van der Waals surface area contributed by atoms with Crippen molar-refractivity contribution in [1.29, 1.82) is 0 Å². The zero-order valence-electron chi connectivity index (χ0n) is 21.6. The molecule has 2 N–H and O–H groups in total. The van der Waals surface area contributed by atoms with Crippen molar-refractivity contribution in [3.63, 3.8) is 0 Å². The van der Waals surface area contributed by atoms with Crippen LogP contribution in [0.2, 0.25) is 0 Å². The van der Waals surface area contributed by atoms with E-state index in [0.717, 1.165) is 62.0 Å². The minimum atomic E-state index is -0.539. The summed E-state index contributed by atoms with van der Waals surface area (Å²) < 4.78 is 0. The number of anilines is 1. The van der Waals surface area contributed by atoms with Gasteiger partial charge in [0.05, 0.1) is 0 Å². The Hall–Kier alpha value is -2.70. The van der Waals surface area contributed by atoms with Crippen LogP contribution >= 0.6 is 0 Å². The Bertz CT molecular complexity index is 1010. The predicted octanol–water partition coefficient (Wildman–Crippen LogP) is 4.38. The van der Waals surface area contributed by atoms with Gasteiger partial charge in [-0.25, -0.2) is 0 Å². The van der Waals surface area contributed by atoms with Gasteiger partial charge in [-0.05, 0) is 76.9 Å². The second kappa shape index (κ2) is 10.9. The monoisotopic (exact) mass is 476 g/mol. The van der Waals surface area contributed by atoms with Gasteiger partial charge in [0.1, 0.15) is 5.54 Å². The number of aryl methyl sites for hydroxylation is 2. The minimum Gasteiger partial charge on any atom is -0.348 e. The Morgan fingerprint density at radius 3 is 2.17 bits per heavy atom. The average Bonchev–Trinajstić information content (AvgIpc) is 2.87. The Kier molecular flexibility index (Phi) is 7.92. The maximum atomic E-state index is 13.7. The summed E-state index contributed by atoms with van der Waals surface area (Å²) in [6.07, 6.45) is 5.96. The fraction of sp³-hybridized carbons (Fsp3) is 0.517. The van der Waals surface area contributed by atoms with Gasteiger partial charge in [-0.2, -0.15) is 0 Å². The van der Waals surface area contributed by atoms with E-state index in [1.807, 2.05) is 76.5 Å². The summed E-state index contributed by atoms with van der Waals surface area (Å²) in [6.45, 7) is 5.78. The first-order valence-corrected chi connectivity index (χ1v) is 13.0. The second-order valence-corrected chi connectivity index (χ2v) is 10.5. The number of carbonyl (C=O) groups excluding carboxylic acids is 2. The molecule has 2 fully saturated rings. The number of rotatable bonds is 6. The molecule has 1 saturated carbocycles. The first-order valence-electron chi connectivity index (χ1n) is 13.0. The van der Waals surface area contributed by atoms with Gasteiger partial charge in [-0.15, -0.1) is 0 Å². The summed E-state index contributed by atoms with van der Waals surface area (Å²) in [7, 11) is 4.03. The van der Waals surface area contributed by atoms with Gasteiger partial charge in [0, 0.05) is 36.4 Å². The van der Waals surface area contributed by atoms with Crippen LogP contribution in [-0.4, -0.2) is 66.4 Å². The van der Waals surface area contributed by atoms with E-state index >= 15 is 0 Å². The molecule has 0 spiro atoms. The van der Waals surface area contributed by atoms with Gasteiger partial charge in [-0.3, -0.25) is 19.4 Å². The Balaban J connectivity index is 1.44. The maximum Gasteiger partial charge on any atom is 0.251 e. The molecule has 2 amide bonds. The molecule has 4 rings (SSSR count). The molecule has 0 radical (unpaired) electrons. The van der Waals surface area contributed by atoms with Crippen LogP contribution in [0, 0.1) is 13.8 Å². The van der Waals surface area contributed by atoms with Crippen LogP contribution < -0.4 is 10.6 Å². The Morgan fingerprint density at radius 2 is 1.54 bits per heavy atom. The van der Waals surface area contributed by atoms with E-state index < -0.39 is 5.54 Å². The number of hydrogen-bond acceptors (Lipinski definition) is 4. The van der Waals surface area contributed by atoms with Crippen LogP contribution in [0.25, 0.3) is 0 Å². The molecule has 1 heterocycles. The van der Waals surface area contributed by atoms with Gasteiger partial charge in [-0.1, -0.05) is 49.2 Å². The SMILES string of the molecule is Cc1cccc(C)c1NC(=O)C1(N(C)C)CCN(C2CCCCC2NC(=O)c2ccccc2)CC1. The summed E-state index contributed by atoms with van der Waals surface area (Å²) in [5, 5.41) is 6.59. The van der Waals surface area contributed by atoms with Crippen molar-refractivity contribution in [2.45, 2.75) is 70.0 Å². The summed E-state index contributed by atoms with van der Waals surface area (Å²) in [6, 6.07) is 16.1. The van der Waals surface area contributed by atoms with E-state index in [9.17, 15) is 9.59 Å². The van der Waals surface area contributed by atoms with Crippen LogP contribution in [0.1, 0.15) is 60.0 Å². The van der Waals surface area contributed by atoms with Crippen molar-refractivity contribution in [2.24, 2.45) is 0 Å². The number of likely N-dealkylation sites (tertiary alicyclic amines) is 1. The van der Waals surface area contributed by atoms with Gasteiger partial charge in [0.15, 0.2) is 0 Å². The highest BCUT2D eigenvalue weighted by Gasteiger charge is 2.45. The molecule has 2 unspecified atom stereocenters. The largest absolute Gasteiger partial charge is 0.348 e. The number of piperidine rings is 1. The molecule has 6 nitrogen and oxygen atoms in total. The van der Waals surface area contributed by atoms with Crippen LogP contribution in [0.4, 0.5) is 5.69 Å². The molecule has 2 aliphatic rings. The zero-order valence-corrected chi connectivity index (χ0v) is 21.6. The lowest BCUT2D eigenvalue weighted by Crippen LogP contribution is -2.63. The average molecular weight is 477 g/mol. The summed E-state index contributed by atoms with van der Waals surface area (Å²) in [4.78, 5) is 31.1. The molecule has 0 aromatic heterocycles. The minimum absolute atomic E-state index is 0.00938. The molecule has 188 valence electrons. The lowest BCUT2D eigenvalue weighted by Gasteiger charge is -2.49. The summed E-state index contributed by atoms with van der Waals surface area (Å²) in [5.74, 6) is 0.0900. The van der Waals surface area contributed by atoms with Crippen molar-refractivity contribution in [3.05, 3.63) is 65.2 Å². The van der Waals surface area contributed by atoms with Crippen molar-refractivity contribution >= 4 is 17.5 Å². The molecule has 6 heteroatoms. The molecule has 1 aliphatic heterocycles. The van der Waals surface area contributed by atoms with Crippen LogP contribution in [0.5, 0.6) is 0 Å². The van der Waals surface area contributed by atoms with Crippen LogP contribution in [0.3, 0.4) is 0 Å². The van der Waals surface area contributed by atoms with E-state index in [1.165, 1.54) is 6.42 Å². The number of para-hydroxylation sites is 1. The maximum absolute atomic E-state index is 13.7. The molecule has 0 bridgehead atoms. The first kappa shape index (κ1) is 25.4. The fourth-order valence-electron chi connectivity index (χ4n) is 5.90. The van der Waals surface area contributed by atoms with Crippen molar-refractivity contribution in [2.75, 3.05) is 32.5 Å². The highest BCUT2D eigenvalue weighted by atomic mass is 16.2. The predicted molar refractivity (Wildman–Crippen MR) is 142 cm³/mol. The number of benzene rings is 2. The molecule has 1 aliphatic carbocycles. The standard InChI is InChI=1S/C29H40N4O2/c1-21-11-10-12-22(2)26(21)31-28(35)29(32(3)4)17-19-33(20-18-29)25-16-9-8-15-24(25)30-27(34)23-13-6-5-7-14-23/h5-7,10-14,24-25H,8-9,15-20H2,1-4H3,(H,30,34)(H,31,35). The van der Waals surface area contributed by atoms with Crippen LogP contribution in [-0.2, 0) is 4.79 Å². The van der Waals surface area contributed by atoms with E-state index in [0.29, 0.717) is 11.6 Å². The van der Waals surface area contributed by atoms with Gasteiger partial charge in [0.25, 0.3) is 5.91 Å². The first-order chi connectivity index (χ1) is 16.8. The summed E-state index contributed by atoms with van der Waals surface area (Å²) in [5.41, 5.74) is 3.28. The third-order valence-corrected chi connectivity index (χ3v) is 8.17. The number of nitrogens with zero attached hydrogens (tertiary/aromatic N) is 2. The number of nitrogens with one attached hydrogen (secondary N) is 2. The van der Waals surface area contributed by atoms with E-state index in [-0.39, 0.29) is 17.9 Å². The molecule has 1 saturated heterocycles. The third-order valence-electron chi connectivity index (χ3n) is 8.17. The lowest BCUT2D eigenvalue weighted by molar-refractivity contribution is -0.130. The number of likely N-dealkylation sites (N-methyl/N-ethyl adjacent to an activating group) is 1. The van der Waals surface area contributed by atoms with E-state index in [4.69, 9.17) is 0 Å². The smallest absolute Gasteiger partial charge is 0.251 e. The van der Waals surface area contributed by atoms with E-state index in [1.54, 1.807) is 0 Å². The highest BCUT2D eigenvalue weighted by Crippen LogP contribution is 2.34. The topological polar surface area (TPSA) is 64.7 Å². The van der Waals surface area contributed by atoms with Crippen molar-refractivity contribution < 1.29 is 9.59 Å². The normalized spacial score (nSPS) is 22.5. The lowest BCUT2D eigenvalue weighted by atomic mass is 9.82. The van der Waals surface area contributed by atoms with Crippen molar-refractivity contribution in [1.82, 2.24) is 15.1 Å². The molecule has 35 heavy (non-hydrogen) atoms. The molecule has 2 aromatic rings. The van der Waals surface area contributed by atoms with Crippen molar-refractivity contribution in [3.8, 4) is 0 Å². The molecule has 2 atom stereocenters. The van der Waals surface area contributed by atoms with Gasteiger partial charge in [0.2, 0.25) is 5.91 Å². The molecule has 2 aromatic carbocycles. The quantitative estimate of drug-likeness (QED) is 0.650. The molecular formula is C29H40N4O2. The second-order valence-electron chi connectivity index (χ2n) is 10.5. The highest BCUT2D eigenvalue weighted by molar-refractivity contribution is 5.99. The number of amides is 2. The Morgan fingerprint density at radius 1 is 0.914 bits per heavy atom. The number of hydrogen-bond donors (Lipinski definition) is 2. The number of carbonyl (C=O) groups is 2. The van der Waals surface area contributed by atoms with E-state index in [2.05, 4.69) is 20.4 Å². The van der Waals surface area contributed by atoms with Gasteiger partial charge >= 0.3 is 0 Å². The van der Waals surface area contributed by atoms with Gasteiger partial charge < -0.3 is 10.6 Å².